The summed E-state index contributed by atoms with van der Waals surface area (Å²) in [5.41, 5.74) is 3.20. The minimum absolute atomic E-state index is 0.0969. The van der Waals surface area contributed by atoms with Crippen LogP contribution in [-0.4, -0.2) is 6.54 Å². The van der Waals surface area contributed by atoms with Crippen molar-refractivity contribution in [3.05, 3.63) is 70.3 Å². The van der Waals surface area contributed by atoms with Crippen LogP contribution in [0.2, 0.25) is 0 Å². The number of hydrogen-bond acceptors (Lipinski definition) is 1. The van der Waals surface area contributed by atoms with Gasteiger partial charge in [-0.05, 0) is 55.6 Å². The minimum Gasteiger partial charge on any atom is -0.306 e. The zero-order valence-corrected chi connectivity index (χ0v) is 12.7. The average Bonchev–Trinajstić information content (AvgIpc) is 2.45. The van der Waals surface area contributed by atoms with E-state index in [4.69, 9.17) is 0 Å². The lowest BCUT2D eigenvalue weighted by atomic mass is 9.92. The molecule has 0 bridgehead atoms. The molecule has 1 unspecified atom stereocenters. The number of aryl methyl sites for hydroxylation is 1. The molecular formula is C18H21F2N. The molecule has 2 rings (SSSR count). The van der Waals surface area contributed by atoms with Crippen LogP contribution >= 0.6 is 0 Å². The van der Waals surface area contributed by atoms with E-state index in [-0.39, 0.29) is 5.56 Å². The maximum absolute atomic E-state index is 14.2. The van der Waals surface area contributed by atoms with E-state index in [2.05, 4.69) is 5.32 Å². The van der Waals surface area contributed by atoms with E-state index in [0.717, 1.165) is 23.1 Å². The smallest absolute Gasteiger partial charge is 0.131 e. The van der Waals surface area contributed by atoms with Crippen LogP contribution < -0.4 is 5.32 Å². The van der Waals surface area contributed by atoms with E-state index in [1.807, 2.05) is 39.0 Å². The molecule has 0 fully saturated rings. The maximum Gasteiger partial charge on any atom is 0.131 e. The quantitative estimate of drug-likeness (QED) is 0.843. The van der Waals surface area contributed by atoms with Crippen LogP contribution in [0.4, 0.5) is 8.78 Å². The highest BCUT2D eigenvalue weighted by Crippen LogP contribution is 2.30. The van der Waals surface area contributed by atoms with Crippen LogP contribution in [0.1, 0.15) is 41.6 Å². The molecule has 0 saturated heterocycles. The van der Waals surface area contributed by atoms with Crippen molar-refractivity contribution in [2.45, 2.75) is 33.2 Å². The third-order valence-corrected chi connectivity index (χ3v) is 3.84. The Morgan fingerprint density at radius 1 is 1.00 bits per heavy atom. The Balaban J connectivity index is 2.55. The Morgan fingerprint density at radius 2 is 1.62 bits per heavy atom. The molecule has 1 N–H and O–H groups in total. The highest BCUT2D eigenvalue weighted by atomic mass is 19.1. The number of nitrogens with one attached hydrogen (secondary N) is 1. The lowest BCUT2D eigenvalue weighted by Crippen LogP contribution is -2.26. The number of benzene rings is 2. The van der Waals surface area contributed by atoms with Crippen molar-refractivity contribution < 1.29 is 8.78 Å². The van der Waals surface area contributed by atoms with E-state index < -0.39 is 17.7 Å². The first-order chi connectivity index (χ1) is 10.1. The Kier molecular flexibility index (Phi) is 5.07. The monoisotopic (exact) mass is 289 g/mol. The van der Waals surface area contributed by atoms with Gasteiger partial charge in [-0.2, -0.15) is 0 Å². The molecule has 0 aromatic heterocycles. The van der Waals surface area contributed by atoms with E-state index in [0.29, 0.717) is 6.54 Å². The lowest BCUT2D eigenvalue weighted by Gasteiger charge is -2.23. The standard InChI is InChI=1S/C18H21F2N/c1-4-11-21-18(14-8-5-7-12(2)13(14)3)17-15(19)9-6-10-16(17)20/h5-10,18,21H,4,11H2,1-3H3. The van der Waals surface area contributed by atoms with Crippen molar-refractivity contribution in [3.8, 4) is 0 Å². The summed E-state index contributed by atoms with van der Waals surface area (Å²) in [5, 5.41) is 3.27. The van der Waals surface area contributed by atoms with Gasteiger partial charge in [0, 0.05) is 5.56 Å². The van der Waals surface area contributed by atoms with Crippen LogP contribution in [0.25, 0.3) is 0 Å². The summed E-state index contributed by atoms with van der Waals surface area (Å²) < 4.78 is 28.3. The largest absolute Gasteiger partial charge is 0.306 e. The fourth-order valence-corrected chi connectivity index (χ4v) is 2.53. The van der Waals surface area contributed by atoms with E-state index in [1.165, 1.54) is 18.2 Å². The van der Waals surface area contributed by atoms with Gasteiger partial charge in [-0.15, -0.1) is 0 Å². The molecule has 0 radical (unpaired) electrons. The minimum atomic E-state index is -0.510. The molecule has 21 heavy (non-hydrogen) atoms. The highest BCUT2D eigenvalue weighted by molar-refractivity contribution is 5.41. The molecule has 0 spiro atoms. The van der Waals surface area contributed by atoms with Gasteiger partial charge in [-0.1, -0.05) is 31.2 Å². The van der Waals surface area contributed by atoms with Crippen molar-refractivity contribution in [3.63, 3.8) is 0 Å². The summed E-state index contributed by atoms with van der Waals surface area (Å²) in [6, 6.07) is 9.42. The lowest BCUT2D eigenvalue weighted by molar-refractivity contribution is 0.502. The van der Waals surface area contributed by atoms with Crippen molar-refractivity contribution in [1.29, 1.82) is 0 Å². The van der Waals surface area contributed by atoms with Gasteiger partial charge in [0.2, 0.25) is 0 Å². The molecule has 0 saturated carbocycles. The van der Waals surface area contributed by atoms with Gasteiger partial charge >= 0.3 is 0 Å². The predicted octanol–water partition coefficient (Wildman–Crippen LogP) is 4.67. The van der Waals surface area contributed by atoms with Gasteiger partial charge in [0.15, 0.2) is 0 Å². The zero-order valence-electron chi connectivity index (χ0n) is 12.7. The highest BCUT2D eigenvalue weighted by Gasteiger charge is 2.22. The molecule has 2 aromatic carbocycles. The second kappa shape index (κ2) is 6.81. The summed E-state index contributed by atoms with van der Waals surface area (Å²) in [5.74, 6) is -1.02. The molecule has 0 heterocycles. The maximum atomic E-state index is 14.2. The first-order valence-corrected chi connectivity index (χ1v) is 7.29. The van der Waals surface area contributed by atoms with Gasteiger partial charge in [-0.25, -0.2) is 8.78 Å². The number of rotatable bonds is 5. The summed E-state index contributed by atoms with van der Waals surface area (Å²) >= 11 is 0. The molecule has 1 nitrogen and oxygen atoms in total. The van der Waals surface area contributed by atoms with Crippen molar-refractivity contribution >= 4 is 0 Å². The molecule has 0 aliphatic heterocycles. The molecular weight excluding hydrogens is 268 g/mol. The summed E-state index contributed by atoms with van der Waals surface area (Å²) in [7, 11) is 0. The fraction of sp³-hybridized carbons (Fsp3) is 0.333. The SMILES string of the molecule is CCCNC(c1cccc(C)c1C)c1c(F)cccc1F. The molecule has 0 aliphatic carbocycles. The van der Waals surface area contributed by atoms with E-state index in [1.54, 1.807) is 0 Å². The predicted molar refractivity (Wildman–Crippen MR) is 82.4 cm³/mol. The fourth-order valence-electron chi connectivity index (χ4n) is 2.53. The molecule has 112 valence electrons. The third kappa shape index (κ3) is 3.30. The summed E-state index contributed by atoms with van der Waals surface area (Å²) in [6.45, 7) is 6.73. The van der Waals surface area contributed by atoms with E-state index >= 15 is 0 Å². The first-order valence-electron chi connectivity index (χ1n) is 7.29. The van der Waals surface area contributed by atoms with Crippen molar-refractivity contribution in [2.24, 2.45) is 0 Å². The molecule has 0 aliphatic rings. The normalized spacial score (nSPS) is 12.4. The van der Waals surface area contributed by atoms with Gasteiger partial charge < -0.3 is 5.32 Å². The first kappa shape index (κ1) is 15.6. The van der Waals surface area contributed by atoms with Crippen LogP contribution in [-0.2, 0) is 0 Å². The number of hydrogen-bond donors (Lipinski definition) is 1. The van der Waals surface area contributed by atoms with Crippen LogP contribution in [0, 0.1) is 25.5 Å². The Bertz CT molecular complexity index is 602. The van der Waals surface area contributed by atoms with Gasteiger partial charge in [0.25, 0.3) is 0 Å². The van der Waals surface area contributed by atoms with Gasteiger partial charge in [-0.3, -0.25) is 0 Å². The van der Waals surface area contributed by atoms with Crippen molar-refractivity contribution in [2.75, 3.05) is 6.54 Å². The molecule has 3 heteroatoms. The van der Waals surface area contributed by atoms with Gasteiger partial charge in [0.1, 0.15) is 11.6 Å². The Hall–Kier alpha value is -1.74. The molecule has 0 amide bonds. The average molecular weight is 289 g/mol. The van der Waals surface area contributed by atoms with E-state index in [9.17, 15) is 8.78 Å². The topological polar surface area (TPSA) is 12.0 Å². The zero-order chi connectivity index (χ0) is 15.4. The van der Waals surface area contributed by atoms with Crippen LogP contribution in [0.15, 0.2) is 36.4 Å². The second-order valence-electron chi connectivity index (χ2n) is 5.31. The van der Waals surface area contributed by atoms with Gasteiger partial charge in [0.05, 0.1) is 6.04 Å². The van der Waals surface area contributed by atoms with Crippen LogP contribution in [0.5, 0.6) is 0 Å². The summed E-state index contributed by atoms with van der Waals surface area (Å²) in [4.78, 5) is 0. The second-order valence-corrected chi connectivity index (χ2v) is 5.31. The van der Waals surface area contributed by atoms with Crippen LogP contribution in [0.3, 0.4) is 0 Å². The Morgan fingerprint density at radius 3 is 2.24 bits per heavy atom. The molecule has 1 atom stereocenters. The Labute approximate surface area is 125 Å². The molecule has 2 aromatic rings. The summed E-state index contributed by atoms with van der Waals surface area (Å²) in [6.07, 6.45) is 0.900. The third-order valence-electron chi connectivity index (χ3n) is 3.84. The number of halogens is 2. The van der Waals surface area contributed by atoms with Crippen molar-refractivity contribution in [1.82, 2.24) is 5.32 Å².